The molecule has 1 N–H and O–H groups in total. The van der Waals surface area contributed by atoms with Gasteiger partial charge < -0.3 is 19.6 Å². The van der Waals surface area contributed by atoms with E-state index >= 15 is 0 Å². The fraction of sp³-hybridized carbons (Fsp3) is 0.480. The number of anilines is 1. The third-order valence-electron chi connectivity index (χ3n) is 7.26. The Balaban J connectivity index is 1.61. The van der Waals surface area contributed by atoms with E-state index in [1.54, 1.807) is 34.1 Å². The van der Waals surface area contributed by atoms with Crippen LogP contribution in [0.5, 0.6) is 0 Å². The lowest BCUT2D eigenvalue weighted by molar-refractivity contribution is -0.152. The highest BCUT2D eigenvalue weighted by Gasteiger charge is 2.74. The van der Waals surface area contributed by atoms with E-state index in [1.165, 1.54) is 11.8 Å². The van der Waals surface area contributed by atoms with E-state index in [4.69, 9.17) is 16.3 Å². The van der Waals surface area contributed by atoms with Gasteiger partial charge in [0.2, 0.25) is 5.91 Å². The van der Waals surface area contributed by atoms with Crippen molar-refractivity contribution in [3.8, 4) is 0 Å². The number of rotatable bonds is 5. The number of carbonyl (C=O) groups is 3. The molecule has 34 heavy (non-hydrogen) atoms. The molecule has 9 heteroatoms. The highest BCUT2D eigenvalue weighted by molar-refractivity contribution is 8.02. The van der Waals surface area contributed by atoms with Crippen molar-refractivity contribution in [3.05, 3.63) is 53.6 Å². The van der Waals surface area contributed by atoms with Crippen LogP contribution in [0.3, 0.4) is 0 Å². The SMILES string of the molecule is C[C@]12C=CCOC(=O)[C@H]1[C@H]1C(=O)N(CCCCO)C3C(=O)N(c4ccc(Cl)cc4)CC=C[C@@]31S2. The van der Waals surface area contributed by atoms with Crippen LogP contribution in [-0.4, -0.2) is 69.6 Å². The fourth-order valence-corrected chi connectivity index (χ4v) is 8.12. The predicted molar refractivity (Wildman–Crippen MR) is 131 cm³/mol. The Morgan fingerprint density at radius 3 is 2.59 bits per heavy atom. The number of aliphatic hydroxyl groups is 1. The maximum absolute atomic E-state index is 14.2. The molecule has 1 aromatic carbocycles. The zero-order valence-corrected chi connectivity index (χ0v) is 20.4. The van der Waals surface area contributed by atoms with Gasteiger partial charge in [-0.1, -0.05) is 29.8 Å². The summed E-state index contributed by atoms with van der Waals surface area (Å²) in [5, 5.41) is 9.86. The van der Waals surface area contributed by atoms with Gasteiger partial charge in [-0.3, -0.25) is 14.4 Å². The first-order chi connectivity index (χ1) is 16.3. The Hall–Kier alpha value is -2.29. The second kappa shape index (κ2) is 8.73. The van der Waals surface area contributed by atoms with Gasteiger partial charge in [0.05, 0.1) is 16.6 Å². The van der Waals surface area contributed by atoms with Crippen LogP contribution in [0.15, 0.2) is 48.6 Å². The molecule has 0 radical (unpaired) electrons. The first-order valence-corrected chi connectivity index (χ1v) is 12.7. The predicted octanol–water partition coefficient (Wildman–Crippen LogP) is 2.82. The highest BCUT2D eigenvalue weighted by atomic mass is 35.5. The summed E-state index contributed by atoms with van der Waals surface area (Å²) in [5.41, 5.74) is 0.699. The number of unbranched alkanes of at least 4 members (excludes halogenated alkanes) is 1. The molecule has 1 spiro atoms. The Bertz CT molecular complexity index is 1080. The van der Waals surface area contributed by atoms with Crippen LogP contribution in [-0.2, 0) is 19.1 Å². The maximum atomic E-state index is 14.2. The molecule has 180 valence electrons. The third kappa shape index (κ3) is 3.49. The molecule has 5 atom stereocenters. The van der Waals surface area contributed by atoms with Gasteiger partial charge >= 0.3 is 5.97 Å². The molecule has 2 fully saturated rings. The van der Waals surface area contributed by atoms with Crippen molar-refractivity contribution < 1.29 is 24.2 Å². The van der Waals surface area contributed by atoms with E-state index in [-0.39, 0.29) is 25.0 Å². The average Bonchev–Trinajstić information content (AvgIpc) is 3.05. The molecule has 4 heterocycles. The number of thioether (sulfide) groups is 1. The van der Waals surface area contributed by atoms with E-state index in [1.807, 2.05) is 31.2 Å². The lowest BCUT2D eigenvalue weighted by Gasteiger charge is -2.36. The molecule has 4 aliphatic rings. The summed E-state index contributed by atoms with van der Waals surface area (Å²) in [6.07, 6.45) is 8.78. The summed E-state index contributed by atoms with van der Waals surface area (Å²) < 4.78 is 3.88. The maximum Gasteiger partial charge on any atom is 0.311 e. The van der Waals surface area contributed by atoms with E-state index < -0.39 is 33.3 Å². The third-order valence-corrected chi connectivity index (χ3v) is 9.31. The standard InChI is InChI=1S/C25H27ClN2O5S/c1-24-10-5-15-33-23(32)19(24)18-21(30)28(12-2-3-14-29)20-22(31)27(13-4-11-25(18,20)34-24)17-8-6-16(26)7-9-17/h4-11,18-20,29H,2-3,12-15H2,1H3/t18-,19+,20?,24-,25-/m0/s1. The zero-order chi connectivity index (χ0) is 24.1. The molecule has 4 aliphatic heterocycles. The van der Waals surface area contributed by atoms with Crippen LogP contribution in [0.1, 0.15) is 19.8 Å². The van der Waals surface area contributed by atoms with Gasteiger partial charge in [0.1, 0.15) is 12.6 Å². The number of fused-ring (bicyclic) bond motifs is 2. The minimum absolute atomic E-state index is 0.0125. The molecule has 0 saturated carbocycles. The number of amides is 2. The molecule has 0 aliphatic carbocycles. The second-order valence-corrected chi connectivity index (χ2v) is 11.5. The highest BCUT2D eigenvalue weighted by Crippen LogP contribution is 2.65. The minimum atomic E-state index is -0.894. The van der Waals surface area contributed by atoms with Crippen molar-refractivity contribution in [1.29, 1.82) is 0 Å². The molecule has 1 unspecified atom stereocenters. The van der Waals surface area contributed by atoms with Crippen molar-refractivity contribution in [1.82, 2.24) is 4.90 Å². The van der Waals surface area contributed by atoms with Crippen molar-refractivity contribution in [2.24, 2.45) is 11.8 Å². The van der Waals surface area contributed by atoms with Crippen molar-refractivity contribution in [2.75, 3.05) is 31.2 Å². The number of halogens is 1. The van der Waals surface area contributed by atoms with Gasteiger partial charge in [0, 0.05) is 35.2 Å². The number of carbonyl (C=O) groups excluding carboxylic acids is 3. The van der Waals surface area contributed by atoms with Gasteiger partial charge in [-0.05, 0) is 50.1 Å². The van der Waals surface area contributed by atoms with Crippen LogP contribution >= 0.6 is 23.4 Å². The molecule has 0 bridgehead atoms. The monoisotopic (exact) mass is 502 g/mol. The quantitative estimate of drug-likeness (QED) is 0.378. The van der Waals surface area contributed by atoms with Crippen LogP contribution in [0.4, 0.5) is 5.69 Å². The normalized spacial score (nSPS) is 34.4. The van der Waals surface area contributed by atoms with Crippen molar-refractivity contribution in [3.63, 3.8) is 0 Å². The molecule has 5 rings (SSSR count). The first-order valence-electron chi connectivity index (χ1n) is 11.5. The number of benzene rings is 1. The van der Waals surface area contributed by atoms with Gasteiger partial charge in [-0.25, -0.2) is 0 Å². The zero-order valence-electron chi connectivity index (χ0n) is 18.9. The van der Waals surface area contributed by atoms with Crippen molar-refractivity contribution in [2.45, 2.75) is 35.3 Å². The van der Waals surface area contributed by atoms with Crippen molar-refractivity contribution >= 4 is 46.8 Å². The van der Waals surface area contributed by atoms with E-state index in [9.17, 15) is 19.5 Å². The molecule has 2 saturated heterocycles. The van der Waals surface area contributed by atoms with E-state index in [0.717, 1.165) is 0 Å². The Labute approximate surface area is 207 Å². The van der Waals surface area contributed by atoms with Gasteiger partial charge in [0.15, 0.2) is 0 Å². The lowest BCUT2D eigenvalue weighted by atomic mass is 9.75. The topological polar surface area (TPSA) is 87.1 Å². The Kier molecular flexibility index (Phi) is 6.02. The molecular formula is C25H27ClN2O5S. The van der Waals surface area contributed by atoms with E-state index in [0.29, 0.717) is 36.6 Å². The van der Waals surface area contributed by atoms with Gasteiger partial charge in [-0.2, -0.15) is 0 Å². The summed E-state index contributed by atoms with van der Waals surface area (Å²) >= 11 is 7.59. The lowest BCUT2D eigenvalue weighted by Crippen LogP contribution is -2.53. The largest absolute Gasteiger partial charge is 0.461 e. The van der Waals surface area contributed by atoms with Gasteiger partial charge in [0.25, 0.3) is 5.91 Å². The summed E-state index contributed by atoms with van der Waals surface area (Å²) in [6, 6.07) is 6.29. The number of nitrogens with zero attached hydrogens (tertiary/aromatic N) is 2. The summed E-state index contributed by atoms with van der Waals surface area (Å²) in [4.78, 5) is 44.5. The molecule has 1 aromatic rings. The first kappa shape index (κ1) is 23.5. The number of esters is 1. The van der Waals surface area contributed by atoms with Crippen LogP contribution < -0.4 is 4.90 Å². The van der Waals surface area contributed by atoms with Crippen LogP contribution in [0, 0.1) is 11.8 Å². The van der Waals surface area contributed by atoms with E-state index in [2.05, 4.69) is 0 Å². The Morgan fingerprint density at radius 2 is 1.85 bits per heavy atom. The second-order valence-electron chi connectivity index (χ2n) is 9.32. The summed E-state index contributed by atoms with van der Waals surface area (Å²) in [7, 11) is 0. The molecule has 2 amide bonds. The summed E-state index contributed by atoms with van der Waals surface area (Å²) in [5.74, 6) is -2.17. The van der Waals surface area contributed by atoms with Crippen LogP contribution in [0.2, 0.25) is 5.02 Å². The molecular weight excluding hydrogens is 476 g/mol. The van der Waals surface area contributed by atoms with Crippen LogP contribution in [0.25, 0.3) is 0 Å². The number of likely N-dealkylation sites (tertiary alicyclic amines) is 1. The number of hydrogen-bond acceptors (Lipinski definition) is 6. The molecule has 7 nitrogen and oxygen atoms in total. The Morgan fingerprint density at radius 1 is 1.09 bits per heavy atom. The summed E-state index contributed by atoms with van der Waals surface area (Å²) in [6.45, 7) is 2.84. The van der Waals surface area contributed by atoms with Gasteiger partial charge in [-0.15, -0.1) is 11.8 Å². The fourth-order valence-electron chi connectivity index (χ4n) is 5.84. The smallest absolute Gasteiger partial charge is 0.311 e. The number of cyclic esters (lactones) is 1. The number of ether oxygens (including phenoxy) is 1. The number of hydrogen-bond donors (Lipinski definition) is 1. The number of aliphatic hydroxyl groups excluding tert-OH is 1. The molecule has 0 aromatic heterocycles. The average molecular weight is 503 g/mol. The minimum Gasteiger partial charge on any atom is -0.461 e.